The van der Waals surface area contributed by atoms with Crippen molar-refractivity contribution in [1.29, 1.82) is 0 Å². The van der Waals surface area contributed by atoms with Crippen LogP contribution in [-0.2, 0) is 0 Å². The Morgan fingerprint density at radius 2 is 1.92 bits per heavy atom. The Kier molecular flexibility index (Phi) is 2.07. The van der Waals surface area contributed by atoms with Gasteiger partial charge < -0.3 is 0 Å². The van der Waals surface area contributed by atoms with Crippen LogP contribution in [0.15, 0.2) is 36.5 Å². The van der Waals surface area contributed by atoms with Crippen molar-refractivity contribution in [3.63, 3.8) is 0 Å². The summed E-state index contributed by atoms with van der Waals surface area (Å²) in [6.45, 7) is 0. The second kappa shape index (κ2) is 3.22. The Hall–Kier alpha value is -0.910. The molecule has 0 unspecified atom stereocenters. The highest BCUT2D eigenvalue weighted by molar-refractivity contribution is 14.1. The number of nitrogens with zero attached hydrogens (tertiary/aromatic N) is 3. The Labute approximate surface area is 83.5 Å². The molecule has 0 spiro atoms. The van der Waals surface area contributed by atoms with E-state index in [-0.39, 0.29) is 0 Å². The molecule has 0 radical (unpaired) electrons. The van der Waals surface area contributed by atoms with Gasteiger partial charge in [-0.1, -0.05) is 23.4 Å². The predicted octanol–water partition coefficient (Wildman–Crippen LogP) is 1.87. The normalized spacial score (nSPS) is 10.1. The molecule has 2 rings (SSSR count). The van der Waals surface area contributed by atoms with Crippen LogP contribution in [0.2, 0.25) is 0 Å². The Morgan fingerprint density at radius 1 is 1.17 bits per heavy atom. The lowest BCUT2D eigenvalue weighted by molar-refractivity contribution is 0.802. The first-order valence-electron chi connectivity index (χ1n) is 3.49. The number of hydrogen-bond acceptors (Lipinski definition) is 2. The minimum Gasteiger partial charge on any atom is -0.220 e. The molecule has 1 aromatic heterocycles. The van der Waals surface area contributed by atoms with E-state index in [2.05, 4.69) is 32.9 Å². The standard InChI is InChI=1S/C8H6IN3/c9-8-6-12(11-10-8)7-4-2-1-3-5-7/h1-6H. The summed E-state index contributed by atoms with van der Waals surface area (Å²) in [4.78, 5) is 0. The third-order valence-corrected chi connectivity index (χ3v) is 1.98. The molecule has 3 nitrogen and oxygen atoms in total. The molecule has 1 heterocycles. The Morgan fingerprint density at radius 3 is 2.50 bits per heavy atom. The molecule has 0 aliphatic rings. The van der Waals surface area contributed by atoms with Crippen LogP contribution in [0, 0.1) is 3.70 Å². The monoisotopic (exact) mass is 271 g/mol. The number of halogens is 1. The molecule has 2 aromatic rings. The van der Waals surface area contributed by atoms with Gasteiger partial charge in [0.15, 0.2) is 0 Å². The van der Waals surface area contributed by atoms with Crippen molar-refractivity contribution >= 4 is 22.6 Å². The average Bonchev–Trinajstić information content (AvgIpc) is 2.54. The molecule has 0 fully saturated rings. The molecule has 0 amide bonds. The van der Waals surface area contributed by atoms with Crippen LogP contribution in [0.3, 0.4) is 0 Å². The average molecular weight is 271 g/mol. The summed E-state index contributed by atoms with van der Waals surface area (Å²) in [6, 6.07) is 9.91. The largest absolute Gasteiger partial charge is 0.220 e. The van der Waals surface area contributed by atoms with E-state index in [1.165, 1.54) is 0 Å². The lowest BCUT2D eigenvalue weighted by Crippen LogP contribution is -1.93. The zero-order valence-electron chi connectivity index (χ0n) is 6.18. The van der Waals surface area contributed by atoms with Gasteiger partial charge in [-0.05, 0) is 34.7 Å². The highest BCUT2D eigenvalue weighted by Crippen LogP contribution is 2.06. The summed E-state index contributed by atoms with van der Waals surface area (Å²) in [7, 11) is 0. The molecule has 4 heteroatoms. The molecule has 0 saturated heterocycles. The van der Waals surface area contributed by atoms with Crippen LogP contribution >= 0.6 is 22.6 Å². The van der Waals surface area contributed by atoms with E-state index >= 15 is 0 Å². The van der Waals surface area contributed by atoms with Gasteiger partial charge in [-0.3, -0.25) is 0 Å². The summed E-state index contributed by atoms with van der Waals surface area (Å²) in [5.74, 6) is 0. The van der Waals surface area contributed by atoms with Gasteiger partial charge in [0.1, 0.15) is 3.70 Å². The zero-order chi connectivity index (χ0) is 8.39. The number of rotatable bonds is 1. The van der Waals surface area contributed by atoms with Gasteiger partial charge in [0.2, 0.25) is 0 Å². The van der Waals surface area contributed by atoms with Crippen LogP contribution in [-0.4, -0.2) is 15.0 Å². The summed E-state index contributed by atoms with van der Waals surface area (Å²) >= 11 is 2.13. The highest BCUT2D eigenvalue weighted by Gasteiger charge is 1.97. The zero-order valence-corrected chi connectivity index (χ0v) is 8.34. The third kappa shape index (κ3) is 1.47. The fraction of sp³-hybridized carbons (Fsp3) is 0. The maximum Gasteiger partial charge on any atom is 0.143 e. The smallest absolute Gasteiger partial charge is 0.143 e. The van der Waals surface area contributed by atoms with Crippen molar-refractivity contribution in [2.75, 3.05) is 0 Å². The van der Waals surface area contributed by atoms with Crippen molar-refractivity contribution in [1.82, 2.24) is 15.0 Å². The van der Waals surface area contributed by atoms with Gasteiger partial charge in [0.25, 0.3) is 0 Å². The molecule has 0 bridgehead atoms. The molecule has 0 aliphatic carbocycles. The van der Waals surface area contributed by atoms with E-state index in [0.29, 0.717) is 0 Å². The minimum atomic E-state index is 0.899. The van der Waals surface area contributed by atoms with E-state index < -0.39 is 0 Å². The lowest BCUT2D eigenvalue weighted by atomic mass is 10.3. The lowest BCUT2D eigenvalue weighted by Gasteiger charge is -1.96. The van der Waals surface area contributed by atoms with E-state index in [0.717, 1.165) is 9.39 Å². The third-order valence-electron chi connectivity index (χ3n) is 1.49. The van der Waals surface area contributed by atoms with E-state index in [9.17, 15) is 0 Å². The van der Waals surface area contributed by atoms with Gasteiger partial charge in [-0.2, -0.15) is 0 Å². The second-order valence-corrected chi connectivity index (χ2v) is 3.43. The van der Waals surface area contributed by atoms with Gasteiger partial charge in [0, 0.05) is 0 Å². The molecule has 12 heavy (non-hydrogen) atoms. The first-order chi connectivity index (χ1) is 5.86. The Balaban J connectivity index is 2.45. The fourth-order valence-electron chi connectivity index (χ4n) is 0.950. The van der Waals surface area contributed by atoms with Gasteiger partial charge >= 0.3 is 0 Å². The quantitative estimate of drug-likeness (QED) is 0.741. The van der Waals surface area contributed by atoms with Gasteiger partial charge in [0.05, 0.1) is 11.9 Å². The van der Waals surface area contributed by atoms with E-state index in [1.54, 1.807) is 4.68 Å². The van der Waals surface area contributed by atoms with Crippen LogP contribution in [0.25, 0.3) is 5.69 Å². The molecule has 0 saturated carbocycles. The molecule has 0 aliphatic heterocycles. The van der Waals surface area contributed by atoms with Gasteiger partial charge in [-0.25, -0.2) is 4.68 Å². The van der Waals surface area contributed by atoms with Crippen molar-refractivity contribution < 1.29 is 0 Å². The molecule has 1 aromatic carbocycles. The number of para-hydroxylation sites is 1. The first-order valence-corrected chi connectivity index (χ1v) is 4.57. The van der Waals surface area contributed by atoms with Crippen LogP contribution in [0.4, 0.5) is 0 Å². The van der Waals surface area contributed by atoms with Crippen molar-refractivity contribution in [3.8, 4) is 5.69 Å². The molecular weight excluding hydrogens is 265 g/mol. The van der Waals surface area contributed by atoms with Crippen molar-refractivity contribution in [3.05, 3.63) is 40.2 Å². The molecule has 0 atom stereocenters. The Bertz CT molecular complexity index is 369. The van der Waals surface area contributed by atoms with Crippen molar-refractivity contribution in [2.45, 2.75) is 0 Å². The minimum absolute atomic E-state index is 0.899. The van der Waals surface area contributed by atoms with Crippen molar-refractivity contribution in [2.24, 2.45) is 0 Å². The van der Waals surface area contributed by atoms with Crippen LogP contribution < -0.4 is 0 Å². The summed E-state index contributed by atoms with van der Waals surface area (Å²) in [5.41, 5.74) is 1.04. The molecule has 0 N–H and O–H groups in total. The SMILES string of the molecule is Ic1cn(-c2ccccc2)nn1. The highest BCUT2D eigenvalue weighted by atomic mass is 127. The molecule has 60 valence electrons. The summed E-state index contributed by atoms with van der Waals surface area (Å²) in [5, 5.41) is 7.84. The summed E-state index contributed by atoms with van der Waals surface area (Å²) < 4.78 is 2.65. The second-order valence-electron chi connectivity index (χ2n) is 2.32. The van der Waals surface area contributed by atoms with E-state index in [1.807, 2.05) is 36.5 Å². The topological polar surface area (TPSA) is 30.7 Å². The first kappa shape index (κ1) is 7.72. The number of hydrogen-bond donors (Lipinski definition) is 0. The molecular formula is C8H6IN3. The maximum atomic E-state index is 3.95. The van der Waals surface area contributed by atoms with E-state index in [4.69, 9.17) is 0 Å². The number of benzene rings is 1. The summed E-state index contributed by atoms with van der Waals surface area (Å²) in [6.07, 6.45) is 1.88. The fourth-order valence-corrected chi connectivity index (χ4v) is 1.31. The van der Waals surface area contributed by atoms with Crippen LogP contribution in [0.1, 0.15) is 0 Å². The van der Waals surface area contributed by atoms with Gasteiger partial charge in [-0.15, -0.1) is 5.10 Å². The van der Waals surface area contributed by atoms with Crippen LogP contribution in [0.5, 0.6) is 0 Å². The number of aromatic nitrogens is 3. The maximum absolute atomic E-state index is 3.95. The predicted molar refractivity (Wildman–Crippen MR) is 54.1 cm³/mol.